The van der Waals surface area contributed by atoms with Crippen LogP contribution in [-0.2, 0) is 18.9 Å². The molecule has 26 heavy (non-hydrogen) atoms. The van der Waals surface area contributed by atoms with Gasteiger partial charge in [0, 0.05) is 12.5 Å². The fourth-order valence-corrected chi connectivity index (χ4v) is 3.49. The van der Waals surface area contributed by atoms with Crippen LogP contribution >= 0.6 is 0 Å². The van der Waals surface area contributed by atoms with Crippen LogP contribution in [0.3, 0.4) is 0 Å². The standard InChI is InChI=1S/C22H36O4/c1-9-21(10-2,11-3)18(23-8)24-15-20(7)16-25-19(26-17-20)22(12-4,13-5)14-6/h1,4,18-19H,10-11,13-17H2,2-3,5-8H3. The molecule has 1 unspecified atom stereocenters. The van der Waals surface area contributed by atoms with Gasteiger partial charge in [0.05, 0.1) is 30.7 Å². The third-order valence-corrected chi connectivity index (χ3v) is 5.96. The normalized spacial score (nSPS) is 25.3. The molecule has 1 aliphatic heterocycles. The number of methoxy groups -OCH3 is 1. The highest BCUT2D eigenvalue weighted by Gasteiger charge is 2.44. The van der Waals surface area contributed by atoms with Gasteiger partial charge in [-0.15, -0.1) is 12.8 Å². The Balaban J connectivity index is 2.73. The Morgan fingerprint density at radius 2 is 1.58 bits per heavy atom. The van der Waals surface area contributed by atoms with Crippen molar-refractivity contribution < 1.29 is 18.9 Å². The number of hydrogen-bond acceptors (Lipinski definition) is 4. The molecular weight excluding hydrogens is 328 g/mol. The van der Waals surface area contributed by atoms with Crippen molar-refractivity contribution >= 4 is 0 Å². The largest absolute Gasteiger partial charge is 0.354 e. The molecule has 1 saturated heterocycles. The van der Waals surface area contributed by atoms with Gasteiger partial charge >= 0.3 is 0 Å². The van der Waals surface area contributed by atoms with Crippen LogP contribution in [-0.4, -0.2) is 39.5 Å². The summed E-state index contributed by atoms with van der Waals surface area (Å²) in [6.45, 7) is 11.9. The minimum atomic E-state index is -0.451. The van der Waals surface area contributed by atoms with Gasteiger partial charge in [0.1, 0.15) is 0 Å². The van der Waals surface area contributed by atoms with Crippen molar-refractivity contribution in [3.63, 3.8) is 0 Å². The van der Waals surface area contributed by atoms with Gasteiger partial charge in [0.2, 0.25) is 0 Å². The van der Waals surface area contributed by atoms with Crippen LogP contribution in [0.4, 0.5) is 0 Å². The summed E-state index contributed by atoms with van der Waals surface area (Å²) in [5, 5.41) is 0. The van der Waals surface area contributed by atoms with E-state index in [2.05, 4.69) is 46.5 Å². The summed E-state index contributed by atoms with van der Waals surface area (Å²) in [7, 11) is 1.64. The molecule has 1 atom stereocenters. The molecular formula is C22H36O4. The molecule has 0 aromatic heterocycles. The molecule has 0 aromatic rings. The maximum Gasteiger partial charge on any atom is 0.173 e. The van der Waals surface area contributed by atoms with Crippen LogP contribution in [0.2, 0.25) is 0 Å². The van der Waals surface area contributed by atoms with Crippen molar-refractivity contribution in [1.82, 2.24) is 0 Å². The Hall–Kier alpha value is -1.04. The zero-order chi connectivity index (χ0) is 19.8. The van der Waals surface area contributed by atoms with Crippen LogP contribution in [0.1, 0.15) is 60.3 Å². The number of rotatable bonds is 10. The highest BCUT2D eigenvalue weighted by Crippen LogP contribution is 2.39. The second-order valence-corrected chi connectivity index (χ2v) is 7.66. The molecule has 1 fully saturated rings. The van der Waals surface area contributed by atoms with E-state index < -0.39 is 11.7 Å². The predicted octanol–water partition coefficient (Wildman–Crippen LogP) is 4.23. The Bertz CT molecular complexity index is 497. The molecule has 0 aliphatic carbocycles. The Morgan fingerprint density at radius 1 is 1.04 bits per heavy atom. The molecule has 0 bridgehead atoms. The van der Waals surface area contributed by atoms with E-state index in [1.807, 2.05) is 0 Å². The fraction of sp³-hybridized carbons (Fsp3) is 0.818. The summed E-state index contributed by atoms with van der Waals surface area (Å²) >= 11 is 0. The fourth-order valence-electron chi connectivity index (χ4n) is 3.49. The van der Waals surface area contributed by atoms with Crippen LogP contribution in [0, 0.1) is 40.9 Å². The Kier molecular flexibility index (Phi) is 8.64. The number of hydrogen-bond donors (Lipinski definition) is 0. The van der Waals surface area contributed by atoms with Gasteiger partial charge in [-0.25, -0.2) is 0 Å². The summed E-state index contributed by atoms with van der Waals surface area (Å²) in [6.07, 6.45) is 14.0. The summed E-state index contributed by atoms with van der Waals surface area (Å²) in [5.41, 5.74) is -1.07. The maximum absolute atomic E-state index is 6.11. The smallest absolute Gasteiger partial charge is 0.173 e. The zero-order valence-corrected chi connectivity index (χ0v) is 17.4. The summed E-state index contributed by atoms with van der Waals surface area (Å²) in [4.78, 5) is 0. The van der Waals surface area contributed by atoms with E-state index in [0.717, 1.165) is 25.7 Å². The number of ether oxygens (including phenoxy) is 4. The van der Waals surface area contributed by atoms with Gasteiger partial charge in [-0.05, 0) is 25.7 Å². The lowest BCUT2D eigenvalue weighted by molar-refractivity contribution is -0.281. The van der Waals surface area contributed by atoms with Gasteiger partial charge in [0.15, 0.2) is 12.6 Å². The molecule has 0 aromatic carbocycles. The molecule has 1 aliphatic rings. The molecule has 0 radical (unpaired) electrons. The second-order valence-electron chi connectivity index (χ2n) is 7.66. The molecule has 0 spiro atoms. The van der Waals surface area contributed by atoms with Crippen molar-refractivity contribution in [2.24, 2.45) is 16.2 Å². The summed E-state index contributed by atoms with van der Waals surface area (Å²) < 4.78 is 23.8. The monoisotopic (exact) mass is 364 g/mol. The SMILES string of the molecule is C#CC(CC)(CC)C(OC)OCC1(C)COC(C(C#C)(CC)CC)OC1. The molecule has 0 saturated carbocycles. The second kappa shape index (κ2) is 9.77. The molecule has 1 heterocycles. The Morgan fingerprint density at radius 3 is 1.92 bits per heavy atom. The van der Waals surface area contributed by atoms with Crippen molar-refractivity contribution in [2.75, 3.05) is 26.9 Å². The lowest BCUT2D eigenvalue weighted by atomic mass is 9.81. The van der Waals surface area contributed by atoms with Gasteiger partial charge in [-0.3, -0.25) is 0 Å². The van der Waals surface area contributed by atoms with E-state index in [0.29, 0.717) is 19.8 Å². The van der Waals surface area contributed by atoms with Crippen molar-refractivity contribution in [3.05, 3.63) is 0 Å². The zero-order valence-electron chi connectivity index (χ0n) is 17.4. The average molecular weight is 365 g/mol. The Labute approximate surface area is 160 Å². The van der Waals surface area contributed by atoms with E-state index in [1.54, 1.807) is 7.11 Å². The third-order valence-electron chi connectivity index (χ3n) is 5.96. The molecule has 0 amide bonds. The van der Waals surface area contributed by atoms with Crippen LogP contribution in [0.25, 0.3) is 0 Å². The molecule has 0 N–H and O–H groups in total. The van der Waals surface area contributed by atoms with E-state index >= 15 is 0 Å². The summed E-state index contributed by atoms with van der Waals surface area (Å²) in [6, 6.07) is 0. The molecule has 148 valence electrons. The van der Waals surface area contributed by atoms with Crippen molar-refractivity contribution in [2.45, 2.75) is 72.9 Å². The van der Waals surface area contributed by atoms with E-state index in [4.69, 9.17) is 31.8 Å². The number of terminal acetylenes is 2. The van der Waals surface area contributed by atoms with E-state index in [1.165, 1.54) is 0 Å². The summed E-state index contributed by atoms with van der Waals surface area (Å²) in [5.74, 6) is 5.77. The third kappa shape index (κ3) is 4.62. The predicted molar refractivity (Wildman–Crippen MR) is 104 cm³/mol. The van der Waals surface area contributed by atoms with Gasteiger partial charge in [0.25, 0.3) is 0 Å². The minimum absolute atomic E-state index is 0.267. The highest BCUT2D eigenvalue weighted by molar-refractivity contribution is 5.08. The maximum atomic E-state index is 6.11. The van der Waals surface area contributed by atoms with Crippen molar-refractivity contribution in [3.8, 4) is 24.7 Å². The van der Waals surface area contributed by atoms with Crippen LogP contribution in [0.5, 0.6) is 0 Å². The molecule has 4 nitrogen and oxygen atoms in total. The first-order valence-electron chi connectivity index (χ1n) is 9.68. The topological polar surface area (TPSA) is 36.9 Å². The van der Waals surface area contributed by atoms with Crippen LogP contribution in [0.15, 0.2) is 0 Å². The quantitative estimate of drug-likeness (QED) is 0.429. The van der Waals surface area contributed by atoms with Crippen molar-refractivity contribution in [1.29, 1.82) is 0 Å². The van der Waals surface area contributed by atoms with E-state index in [9.17, 15) is 0 Å². The van der Waals surface area contributed by atoms with Gasteiger partial charge in [-0.2, -0.15) is 0 Å². The average Bonchev–Trinajstić information content (AvgIpc) is 2.68. The van der Waals surface area contributed by atoms with Gasteiger partial charge in [-0.1, -0.05) is 46.5 Å². The highest BCUT2D eigenvalue weighted by atomic mass is 16.7. The lowest BCUT2D eigenvalue weighted by Crippen LogP contribution is -2.50. The van der Waals surface area contributed by atoms with E-state index in [-0.39, 0.29) is 17.1 Å². The minimum Gasteiger partial charge on any atom is -0.354 e. The molecule has 4 heteroatoms. The van der Waals surface area contributed by atoms with Crippen LogP contribution < -0.4 is 0 Å². The first-order chi connectivity index (χ1) is 12.3. The first kappa shape index (κ1) is 23.0. The first-order valence-corrected chi connectivity index (χ1v) is 9.68. The van der Waals surface area contributed by atoms with Gasteiger partial charge < -0.3 is 18.9 Å². The molecule has 1 rings (SSSR count). The lowest BCUT2D eigenvalue weighted by Gasteiger charge is -2.44.